The van der Waals surface area contributed by atoms with Gasteiger partial charge in [0.2, 0.25) is 0 Å². The van der Waals surface area contributed by atoms with E-state index in [2.05, 4.69) is 18.6 Å². The molecular weight excluding hydrogens is 312 g/mol. The molecule has 0 aromatic rings. The van der Waals surface area contributed by atoms with E-state index in [0.29, 0.717) is 6.42 Å². The van der Waals surface area contributed by atoms with Crippen molar-refractivity contribution in [2.75, 3.05) is 0 Å². The third-order valence-electron chi connectivity index (χ3n) is 5.51. The average molecular weight is 353 g/mol. The molecule has 0 amide bonds. The molecule has 1 saturated heterocycles. The molecule has 0 aromatic heterocycles. The number of unbranched alkanes of at least 4 members (excludes halogenated alkanes) is 10. The predicted octanol–water partition coefficient (Wildman–Crippen LogP) is 6.58. The number of esters is 2. The second-order valence-corrected chi connectivity index (χ2v) is 8.05. The summed E-state index contributed by atoms with van der Waals surface area (Å²) in [6, 6.07) is 0. The van der Waals surface area contributed by atoms with Gasteiger partial charge in [-0.1, -0.05) is 104 Å². The Morgan fingerprint density at radius 2 is 1.36 bits per heavy atom. The van der Waals surface area contributed by atoms with Gasteiger partial charge in [-0.2, -0.15) is 0 Å². The summed E-state index contributed by atoms with van der Waals surface area (Å²) in [4.78, 5) is 22.4. The number of hydrogen-bond acceptors (Lipinski definition) is 3. The van der Waals surface area contributed by atoms with Crippen LogP contribution in [0.15, 0.2) is 0 Å². The number of carbonyl (C=O) groups is 2. The summed E-state index contributed by atoms with van der Waals surface area (Å²) in [5.41, 5.74) is 0. The second-order valence-electron chi connectivity index (χ2n) is 8.05. The fourth-order valence-electron chi connectivity index (χ4n) is 3.76. The van der Waals surface area contributed by atoms with E-state index >= 15 is 0 Å². The first kappa shape index (κ1) is 22.2. The summed E-state index contributed by atoms with van der Waals surface area (Å²) in [5.74, 6) is -0.0830. The number of rotatable bonds is 16. The number of carbonyl (C=O) groups excluding carboxylic acids is 2. The van der Waals surface area contributed by atoms with Crippen LogP contribution in [0.1, 0.15) is 117 Å². The molecule has 0 aromatic carbocycles. The van der Waals surface area contributed by atoms with E-state index in [1.165, 1.54) is 77.0 Å². The average Bonchev–Trinajstić information content (AvgIpc) is 2.90. The molecule has 0 N–H and O–H groups in total. The van der Waals surface area contributed by atoms with Crippen LogP contribution in [0.25, 0.3) is 0 Å². The van der Waals surface area contributed by atoms with Crippen LogP contribution in [-0.4, -0.2) is 11.9 Å². The Balaban J connectivity index is 1.83. The molecule has 25 heavy (non-hydrogen) atoms. The molecule has 3 heteroatoms. The largest absolute Gasteiger partial charge is 0.393 e. The van der Waals surface area contributed by atoms with Crippen LogP contribution < -0.4 is 0 Å². The van der Waals surface area contributed by atoms with Crippen molar-refractivity contribution in [3.63, 3.8) is 0 Å². The molecule has 0 radical (unpaired) electrons. The van der Waals surface area contributed by atoms with Crippen molar-refractivity contribution >= 4 is 11.9 Å². The first-order valence-electron chi connectivity index (χ1n) is 10.9. The minimum atomic E-state index is -0.344. The maximum Gasteiger partial charge on any atom is 0.317 e. The van der Waals surface area contributed by atoms with Crippen LogP contribution >= 0.6 is 0 Å². The van der Waals surface area contributed by atoms with Crippen LogP contribution in [0.5, 0.6) is 0 Å². The SMILES string of the molecule is CCCCCCCCCCCCCC(C)CCCC1CC(=O)OC1=O. The van der Waals surface area contributed by atoms with E-state index in [-0.39, 0.29) is 17.9 Å². The molecule has 2 unspecified atom stereocenters. The quantitative estimate of drug-likeness (QED) is 0.179. The van der Waals surface area contributed by atoms with Gasteiger partial charge in [-0.05, 0) is 12.3 Å². The summed E-state index contributed by atoms with van der Waals surface area (Å²) < 4.78 is 4.60. The third-order valence-corrected chi connectivity index (χ3v) is 5.51. The number of hydrogen-bond donors (Lipinski definition) is 0. The fourth-order valence-corrected chi connectivity index (χ4v) is 3.76. The van der Waals surface area contributed by atoms with Gasteiger partial charge in [0.05, 0.1) is 12.3 Å². The van der Waals surface area contributed by atoms with Crippen molar-refractivity contribution in [1.29, 1.82) is 0 Å². The Morgan fingerprint density at radius 3 is 1.88 bits per heavy atom. The molecule has 146 valence electrons. The Kier molecular flexibility index (Phi) is 12.7. The predicted molar refractivity (Wildman–Crippen MR) is 103 cm³/mol. The van der Waals surface area contributed by atoms with Gasteiger partial charge >= 0.3 is 11.9 Å². The van der Waals surface area contributed by atoms with Gasteiger partial charge in [-0.25, -0.2) is 0 Å². The minimum absolute atomic E-state index is 0.165. The van der Waals surface area contributed by atoms with Gasteiger partial charge < -0.3 is 4.74 Å². The van der Waals surface area contributed by atoms with Crippen molar-refractivity contribution in [3.05, 3.63) is 0 Å². The highest BCUT2D eigenvalue weighted by atomic mass is 16.6. The molecular formula is C22H40O3. The molecule has 2 atom stereocenters. The van der Waals surface area contributed by atoms with Gasteiger partial charge in [0.25, 0.3) is 0 Å². The molecule has 3 nitrogen and oxygen atoms in total. The molecule has 0 spiro atoms. The van der Waals surface area contributed by atoms with E-state index in [1.54, 1.807) is 0 Å². The van der Waals surface area contributed by atoms with E-state index in [0.717, 1.165) is 25.2 Å². The van der Waals surface area contributed by atoms with Crippen LogP contribution in [-0.2, 0) is 14.3 Å². The van der Waals surface area contributed by atoms with Crippen LogP contribution in [0.3, 0.4) is 0 Å². The minimum Gasteiger partial charge on any atom is -0.393 e. The van der Waals surface area contributed by atoms with Gasteiger partial charge in [-0.3, -0.25) is 9.59 Å². The van der Waals surface area contributed by atoms with Crippen LogP contribution in [0, 0.1) is 11.8 Å². The lowest BCUT2D eigenvalue weighted by molar-refractivity contribution is -0.153. The molecule has 1 rings (SSSR count). The van der Waals surface area contributed by atoms with Crippen LogP contribution in [0.2, 0.25) is 0 Å². The molecule has 0 saturated carbocycles. The topological polar surface area (TPSA) is 43.4 Å². The zero-order valence-corrected chi connectivity index (χ0v) is 16.7. The highest BCUT2D eigenvalue weighted by molar-refractivity contribution is 5.94. The highest BCUT2D eigenvalue weighted by Gasteiger charge is 2.32. The molecule has 1 heterocycles. The van der Waals surface area contributed by atoms with Crippen molar-refractivity contribution in [1.82, 2.24) is 0 Å². The maximum absolute atomic E-state index is 11.4. The highest BCUT2D eigenvalue weighted by Crippen LogP contribution is 2.24. The summed E-state index contributed by atoms with van der Waals surface area (Å²) in [7, 11) is 0. The number of ether oxygens (including phenoxy) is 1. The molecule has 0 bridgehead atoms. The summed E-state index contributed by atoms with van der Waals surface area (Å²) in [5, 5.41) is 0. The Morgan fingerprint density at radius 1 is 0.840 bits per heavy atom. The zero-order valence-electron chi connectivity index (χ0n) is 16.7. The molecule has 0 aliphatic carbocycles. The van der Waals surface area contributed by atoms with Crippen molar-refractivity contribution in [3.8, 4) is 0 Å². The van der Waals surface area contributed by atoms with E-state index in [1.807, 2.05) is 0 Å². The van der Waals surface area contributed by atoms with E-state index in [9.17, 15) is 9.59 Å². The lowest BCUT2D eigenvalue weighted by atomic mass is 9.93. The van der Waals surface area contributed by atoms with Crippen molar-refractivity contribution in [2.45, 2.75) is 117 Å². The van der Waals surface area contributed by atoms with E-state index < -0.39 is 0 Å². The lowest BCUT2D eigenvalue weighted by Crippen LogP contribution is -2.08. The van der Waals surface area contributed by atoms with Crippen molar-refractivity contribution < 1.29 is 14.3 Å². The zero-order chi connectivity index (χ0) is 18.3. The second kappa shape index (κ2) is 14.3. The number of cyclic esters (lactones) is 2. The Hall–Kier alpha value is -0.860. The Labute approximate surface area is 155 Å². The first-order chi connectivity index (χ1) is 12.1. The van der Waals surface area contributed by atoms with Gasteiger partial charge in [0.15, 0.2) is 0 Å². The summed E-state index contributed by atoms with van der Waals surface area (Å²) in [6.45, 7) is 4.59. The standard InChI is InChI=1S/C22H40O3/c1-3-4-5-6-7-8-9-10-11-12-13-15-19(2)16-14-17-20-18-21(23)25-22(20)24/h19-20H,3-18H2,1-2H3. The normalized spacial score (nSPS) is 18.6. The lowest BCUT2D eigenvalue weighted by Gasteiger charge is -2.12. The van der Waals surface area contributed by atoms with Gasteiger partial charge in [0, 0.05) is 0 Å². The maximum atomic E-state index is 11.4. The smallest absolute Gasteiger partial charge is 0.317 e. The monoisotopic (exact) mass is 352 g/mol. The fraction of sp³-hybridized carbons (Fsp3) is 0.909. The first-order valence-corrected chi connectivity index (χ1v) is 10.9. The third kappa shape index (κ3) is 11.4. The van der Waals surface area contributed by atoms with Crippen molar-refractivity contribution in [2.24, 2.45) is 11.8 Å². The van der Waals surface area contributed by atoms with Gasteiger partial charge in [-0.15, -0.1) is 0 Å². The molecule has 1 fully saturated rings. The van der Waals surface area contributed by atoms with E-state index in [4.69, 9.17) is 0 Å². The van der Waals surface area contributed by atoms with Crippen LogP contribution in [0.4, 0.5) is 0 Å². The van der Waals surface area contributed by atoms with Gasteiger partial charge in [0.1, 0.15) is 0 Å². The molecule has 1 aliphatic rings. The molecule has 1 aliphatic heterocycles. The summed E-state index contributed by atoms with van der Waals surface area (Å²) >= 11 is 0. The Bertz CT molecular complexity index is 364. The summed E-state index contributed by atoms with van der Waals surface area (Å²) in [6.07, 6.45) is 20.0.